The summed E-state index contributed by atoms with van der Waals surface area (Å²) in [6.07, 6.45) is 2.09. The van der Waals surface area contributed by atoms with Crippen LogP contribution < -0.4 is 5.32 Å². The number of aromatic hydroxyl groups is 1. The number of hydrogen-bond acceptors (Lipinski definition) is 5. The lowest BCUT2D eigenvalue weighted by molar-refractivity contribution is -0.384. The van der Waals surface area contributed by atoms with Crippen LogP contribution in [0.2, 0.25) is 0 Å². The van der Waals surface area contributed by atoms with Crippen LogP contribution in [0.3, 0.4) is 0 Å². The quantitative estimate of drug-likeness (QED) is 0.507. The average Bonchev–Trinajstić information content (AvgIpc) is 2.41. The van der Waals surface area contributed by atoms with Gasteiger partial charge in [-0.1, -0.05) is 0 Å². The number of rotatable bonds is 3. The van der Waals surface area contributed by atoms with E-state index in [1.165, 1.54) is 6.20 Å². The molecule has 0 fully saturated rings. The molecular weight excluding hydrogens is 269 g/mol. The molecule has 1 heterocycles. The van der Waals surface area contributed by atoms with Crippen molar-refractivity contribution >= 4 is 17.3 Å². The van der Waals surface area contributed by atoms with E-state index in [0.717, 1.165) is 30.5 Å². The summed E-state index contributed by atoms with van der Waals surface area (Å²) in [4.78, 5) is 25.2. The van der Waals surface area contributed by atoms with Crippen molar-refractivity contribution in [3.63, 3.8) is 0 Å². The Labute approximate surface area is 111 Å². The summed E-state index contributed by atoms with van der Waals surface area (Å²) >= 11 is 0. The number of carbonyl (C=O) groups excluding carboxylic acids is 1. The molecule has 8 heteroatoms. The molecule has 1 aromatic heterocycles. The van der Waals surface area contributed by atoms with E-state index in [0.29, 0.717) is 0 Å². The van der Waals surface area contributed by atoms with Crippen LogP contribution in [0, 0.1) is 15.9 Å². The second-order valence-corrected chi connectivity index (χ2v) is 3.77. The Bertz CT molecular complexity index is 690. The number of nitro benzene ring substituents is 1. The van der Waals surface area contributed by atoms with Gasteiger partial charge in [0.05, 0.1) is 22.4 Å². The van der Waals surface area contributed by atoms with Gasteiger partial charge in [-0.05, 0) is 12.1 Å². The minimum absolute atomic E-state index is 0.180. The van der Waals surface area contributed by atoms with E-state index in [9.17, 15) is 24.4 Å². The minimum atomic E-state index is -0.847. The highest BCUT2D eigenvalue weighted by atomic mass is 19.1. The van der Waals surface area contributed by atoms with Gasteiger partial charge in [0.2, 0.25) is 0 Å². The molecule has 0 spiro atoms. The Hall–Kier alpha value is -3.03. The van der Waals surface area contributed by atoms with Crippen molar-refractivity contribution < 1.29 is 19.2 Å². The molecule has 0 radical (unpaired) electrons. The van der Waals surface area contributed by atoms with Crippen molar-refractivity contribution in [2.24, 2.45) is 0 Å². The Morgan fingerprint density at radius 2 is 2.15 bits per heavy atom. The second-order valence-electron chi connectivity index (χ2n) is 3.77. The summed E-state index contributed by atoms with van der Waals surface area (Å²) in [6.45, 7) is 0. The van der Waals surface area contributed by atoms with Crippen molar-refractivity contribution in [2.45, 2.75) is 0 Å². The van der Waals surface area contributed by atoms with Gasteiger partial charge in [-0.15, -0.1) is 0 Å². The molecule has 0 unspecified atom stereocenters. The fourth-order valence-corrected chi connectivity index (χ4v) is 1.49. The second kappa shape index (κ2) is 5.31. The van der Waals surface area contributed by atoms with Gasteiger partial charge in [0.1, 0.15) is 5.75 Å². The van der Waals surface area contributed by atoms with Gasteiger partial charge in [0.25, 0.3) is 11.6 Å². The molecule has 2 N–H and O–H groups in total. The lowest BCUT2D eigenvalue weighted by Crippen LogP contribution is -2.14. The zero-order chi connectivity index (χ0) is 14.7. The van der Waals surface area contributed by atoms with Crippen molar-refractivity contribution in [3.05, 3.63) is 58.2 Å². The van der Waals surface area contributed by atoms with Crippen molar-refractivity contribution in [2.75, 3.05) is 5.32 Å². The number of amides is 1. The van der Waals surface area contributed by atoms with E-state index in [4.69, 9.17) is 0 Å². The number of halogens is 1. The molecule has 0 saturated carbocycles. The van der Waals surface area contributed by atoms with Gasteiger partial charge in [-0.3, -0.25) is 19.9 Å². The third-order valence-corrected chi connectivity index (χ3v) is 2.46. The molecule has 2 aromatic rings. The highest BCUT2D eigenvalue weighted by Gasteiger charge is 2.16. The Morgan fingerprint density at radius 1 is 1.40 bits per heavy atom. The fourth-order valence-electron chi connectivity index (χ4n) is 1.49. The van der Waals surface area contributed by atoms with Gasteiger partial charge in [-0.25, -0.2) is 4.39 Å². The first-order chi connectivity index (χ1) is 9.49. The van der Waals surface area contributed by atoms with Crippen LogP contribution in [-0.4, -0.2) is 20.9 Å². The minimum Gasteiger partial charge on any atom is -0.506 e. The Kier molecular flexibility index (Phi) is 3.56. The summed E-state index contributed by atoms with van der Waals surface area (Å²) in [5.41, 5.74) is -0.778. The number of phenolic OH excluding ortho intramolecular Hbond substituents is 1. The summed E-state index contributed by atoms with van der Waals surface area (Å²) < 4.78 is 13.4. The predicted octanol–water partition coefficient (Wildman–Crippen LogP) is 2.09. The van der Waals surface area contributed by atoms with E-state index in [1.807, 2.05) is 0 Å². The summed E-state index contributed by atoms with van der Waals surface area (Å²) in [5, 5.41) is 22.4. The van der Waals surface area contributed by atoms with Gasteiger partial charge in [0, 0.05) is 18.3 Å². The number of pyridine rings is 1. The molecule has 0 aliphatic heterocycles. The van der Waals surface area contributed by atoms with E-state index in [-0.39, 0.29) is 22.7 Å². The maximum atomic E-state index is 13.4. The number of nitro groups is 1. The zero-order valence-electron chi connectivity index (χ0n) is 9.91. The van der Waals surface area contributed by atoms with Gasteiger partial charge in [0.15, 0.2) is 5.82 Å². The maximum absolute atomic E-state index is 13.4. The molecule has 2 rings (SSSR count). The molecular formula is C12H8FN3O4. The van der Waals surface area contributed by atoms with Crippen LogP contribution in [0.15, 0.2) is 36.7 Å². The van der Waals surface area contributed by atoms with Gasteiger partial charge < -0.3 is 10.4 Å². The van der Waals surface area contributed by atoms with Gasteiger partial charge in [-0.2, -0.15) is 0 Å². The van der Waals surface area contributed by atoms with Crippen molar-refractivity contribution in [1.29, 1.82) is 0 Å². The molecule has 7 nitrogen and oxygen atoms in total. The number of anilines is 1. The highest BCUT2D eigenvalue weighted by Crippen LogP contribution is 2.28. The van der Waals surface area contributed by atoms with Crippen LogP contribution in [0.25, 0.3) is 0 Å². The summed E-state index contributed by atoms with van der Waals surface area (Å²) in [7, 11) is 0. The molecule has 102 valence electrons. The smallest absolute Gasteiger partial charge is 0.271 e. The SMILES string of the molecule is O=C(Nc1cc([N+](=O)[O-])ccc1O)c1ccncc1F. The lowest BCUT2D eigenvalue weighted by Gasteiger charge is -2.07. The average molecular weight is 277 g/mol. The number of aromatic nitrogens is 1. The molecule has 0 aliphatic rings. The Balaban J connectivity index is 2.30. The normalized spacial score (nSPS) is 10.1. The predicted molar refractivity (Wildman–Crippen MR) is 66.9 cm³/mol. The van der Waals surface area contributed by atoms with Crippen LogP contribution in [0.5, 0.6) is 5.75 Å². The molecule has 20 heavy (non-hydrogen) atoms. The molecule has 0 bridgehead atoms. The molecule has 0 atom stereocenters. The standard InChI is InChI=1S/C12H8FN3O4/c13-9-6-14-4-3-8(9)12(18)15-10-5-7(16(19)20)1-2-11(10)17/h1-6,17H,(H,15,18). The largest absolute Gasteiger partial charge is 0.506 e. The number of hydrogen-bond donors (Lipinski definition) is 2. The van der Waals surface area contributed by atoms with Crippen molar-refractivity contribution in [1.82, 2.24) is 4.98 Å². The first-order valence-corrected chi connectivity index (χ1v) is 5.37. The van der Waals surface area contributed by atoms with E-state index in [1.54, 1.807) is 0 Å². The van der Waals surface area contributed by atoms with Crippen LogP contribution in [0.4, 0.5) is 15.8 Å². The highest BCUT2D eigenvalue weighted by molar-refractivity contribution is 6.05. The van der Waals surface area contributed by atoms with Crippen LogP contribution in [0.1, 0.15) is 10.4 Å². The molecule has 1 aromatic carbocycles. The van der Waals surface area contributed by atoms with E-state index < -0.39 is 16.6 Å². The first kappa shape index (κ1) is 13.4. The van der Waals surface area contributed by atoms with E-state index >= 15 is 0 Å². The zero-order valence-corrected chi connectivity index (χ0v) is 9.91. The molecule has 1 amide bonds. The van der Waals surface area contributed by atoms with E-state index in [2.05, 4.69) is 10.3 Å². The van der Waals surface area contributed by atoms with Crippen LogP contribution in [-0.2, 0) is 0 Å². The summed E-state index contributed by atoms with van der Waals surface area (Å²) in [5.74, 6) is -2.05. The number of nitrogens with zero attached hydrogens (tertiary/aromatic N) is 2. The Morgan fingerprint density at radius 3 is 2.80 bits per heavy atom. The monoisotopic (exact) mass is 277 g/mol. The number of carbonyl (C=O) groups is 1. The van der Waals surface area contributed by atoms with Crippen molar-refractivity contribution in [3.8, 4) is 5.75 Å². The first-order valence-electron chi connectivity index (χ1n) is 5.37. The van der Waals surface area contributed by atoms with Gasteiger partial charge >= 0.3 is 0 Å². The summed E-state index contributed by atoms with van der Waals surface area (Å²) in [6, 6.07) is 4.28. The third-order valence-electron chi connectivity index (χ3n) is 2.46. The number of non-ortho nitro benzene ring substituents is 1. The number of benzene rings is 1. The molecule has 0 aliphatic carbocycles. The third kappa shape index (κ3) is 2.69. The lowest BCUT2D eigenvalue weighted by atomic mass is 10.2. The molecule has 0 saturated heterocycles. The van der Waals surface area contributed by atoms with Crippen LogP contribution >= 0.6 is 0 Å². The fraction of sp³-hybridized carbons (Fsp3) is 0. The number of nitrogens with one attached hydrogen (secondary N) is 1. The number of phenols is 1. The maximum Gasteiger partial charge on any atom is 0.271 e. The topological polar surface area (TPSA) is 105 Å².